The highest BCUT2D eigenvalue weighted by molar-refractivity contribution is 6.30. The van der Waals surface area contributed by atoms with Gasteiger partial charge < -0.3 is 4.90 Å². The summed E-state index contributed by atoms with van der Waals surface area (Å²) >= 11 is 11.6. The molecule has 1 aromatic rings. The van der Waals surface area contributed by atoms with Crippen molar-refractivity contribution in [1.29, 1.82) is 0 Å². The third kappa shape index (κ3) is 2.11. The second-order valence-corrected chi connectivity index (χ2v) is 4.33. The van der Waals surface area contributed by atoms with Gasteiger partial charge in [-0.15, -0.1) is 11.6 Å². The van der Waals surface area contributed by atoms with Gasteiger partial charge in [0.15, 0.2) is 0 Å². The zero-order valence-corrected chi connectivity index (χ0v) is 9.63. The molecule has 1 saturated heterocycles. The van der Waals surface area contributed by atoms with Crippen LogP contribution in [0, 0.1) is 0 Å². The fraction of sp³-hybridized carbons (Fsp3) is 0.364. The predicted molar refractivity (Wildman–Crippen MR) is 62.7 cm³/mol. The third-order valence-corrected chi connectivity index (χ3v) is 3.22. The summed E-state index contributed by atoms with van der Waals surface area (Å²) in [5.41, 5.74) is 0.882. The first-order valence-corrected chi connectivity index (χ1v) is 5.77. The molecule has 4 heteroatoms. The zero-order chi connectivity index (χ0) is 10.8. The zero-order valence-electron chi connectivity index (χ0n) is 8.12. The lowest BCUT2D eigenvalue weighted by Gasteiger charge is -2.23. The van der Waals surface area contributed by atoms with Crippen LogP contribution in [0.1, 0.15) is 12.8 Å². The second-order valence-electron chi connectivity index (χ2n) is 3.59. The number of carbonyl (C=O) groups is 1. The van der Waals surface area contributed by atoms with Crippen molar-refractivity contribution in [2.75, 3.05) is 10.8 Å². The first kappa shape index (κ1) is 10.8. The van der Waals surface area contributed by atoms with Crippen LogP contribution in [0.3, 0.4) is 0 Å². The molecule has 2 nitrogen and oxygen atoms in total. The van der Waals surface area contributed by atoms with Crippen LogP contribution in [0.2, 0.25) is 5.02 Å². The lowest BCUT2D eigenvalue weighted by molar-refractivity contribution is -0.117. The van der Waals surface area contributed by atoms with Crippen molar-refractivity contribution in [3.63, 3.8) is 0 Å². The summed E-state index contributed by atoms with van der Waals surface area (Å²) in [6.45, 7) is 0. The van der Waals surface area contributed by atoms with E-state index in [9.17, 15) is 4.79 Å². The van der Waals surface area contributed by atoms with E-state index in [1.807, 2.05) is 12.1 Å². The van der Waals surface area contributed by atoms with E-state index in [2.05, 4.69) is 0 Å². The topological polar surface area (TPSA) is 20.3 Å². The maximum absolute atomic E-state index is 11.7. The molecule has 1 aliphatic heterocycles. The molecule has 15 heavy (non-hydrogen) atoms. The Hall–Kier alpha value is -0.730. The molecule has 0 spiro atoms. The van der Waals surface area contributed by atoms with Gasteiger partial charge in [-0.3, -0.25) is 4.79 Å². The van der Waals surface area contributed by atoms with Crippen LogP contribution in [0.5, 0.6) is 0 Å². The minimum Gasteiger partial charge on any atom is -0.308 e. The van der Waals surface area contributed by atoms with Gasteiger partial charge in [-0.25, -0.2) is 0 Å². The molecule has 1 atom stereocenters. The minimum atomic E-state index is 0.125. The first-order chi connectivity index (χ1) is 7.22. The second kappa shape index (κ2) is 4.42. The van der Waals surface area contributed by atoms with E-state index in [4.69, 9.17) is 23.2 Å². The number of anilines is 1. The maximum Gasteiger partial charge on any atom is 0.227 e. The van der Waals surface area contributed by atoms with Gasteiger partial charge in [-0.2, -0.15) is 0 Å². The monoisotopic (exact) mass is 243 g/mol. The standard InChI is InChI=1S/C11H11Cl2NO/c12-7-10-5-6-11(15)14(10)9-3-1-8(13)2-4-9/h1-4,10H,5-7H2. The Labute approximate surface area is 98.8 Å². The Bertz CT molecular complexity index is 363. The molecule has 1 unspecified atom stereocenters. The van der Waals surface area contributed by atoms with E-state index in [0.29, 0.717) is 17.3 Å². The lowest BCUT2D eigenvalue weighted by Crippen LogP contribution is -2.33. The van der Waals surface area contributed by atoms with Crippen molar-refractivity contribution >= 4 is 34.8 Å². The Kier molecular flexibility index (Phi) is 3.17. The molecule has 0 bridgehead atoms. The number of amides is 1. The average molecular weight is 244 g/mol. The van der Waals surface area contributed by atoms with Gasteiger partial charge in [0, 0.05) is 23.0 Å². The first-order valence-electron chi connectivity index (χ1n) is 4.86. The third-order valence-electron chi connectivity index (χ3n) is 2.61. The van der Waals surface area contributed by atoms with E-state index in [1.165, 1.54) is 0 Å². The molecule has 1 amide bonds. The van der Waals surface area contributed by atoms with Crippen LogP contribution in [0.15, 0.2) is 24.3 Å². The molecule has 1 fully saturated rings. The quantitative estimate of drug-likeness (QED) is 0.732. The molecule has 0 N–H and O–H groups in total. The van der Waals surface area contributed by atoms with Crippen molar-refractivity contribution in [3.8, 4) is 0 Å². The van der Waals surface area contributed by atoms with Gasteiger partial charge in [0.1, 0.15) is 0 Å². The number of nitrogens with zero attached hydrogens (tertiary/aromatic N) is 1. The number of hydrogen-bond donors (Lipinski definition) is 0. The van der Waals surface area contributed by atoms with Gasteiger partial charge >= 0.3 is 0 Å². The predicted octanol–water partition coefficient (Wildman–Crippen LogP) is 3.07. The number of halogens is 2. The molecule has 0 aliphatic carbocycles. The number of alkyl halides is 1. The summed E-state index contributed by atoms with van der Waals surface area (Å²) in [7, 11) is 0. The van der Waals surface area contributed by atoms with Crippen LogP contribution in [-0.2, 0) is 4.79 Å². The van der Waals surface area contributed by atoms with Crippen molar-refractivity contribution in [3.05, 3.63) is 29.3 Å². The van der Waals surface area contributed by atoms with Crippen LogP contribution < -0.4 is 4.90 Å². The van der Waals surface area contributed by atoms with Crippen molar-refractivity contribution in [2.24, 2.45) is 0 Å². The summed E-state index contributed by atoms with van der Waals surface area (Å²) in [5.74, 6) is 0.622. The summed E-state index contributed by atoms with van der Waals surface area (Å²) in [4.78, 5) is 13.4. The number of benzene rings is 1. The molecule has 0 saturated carbocycles. The molecule has 2 rings (SSSR count). The Balaban J connectivity index is 2.28. The number of rotatable bonds is 2. The summed E-state index contributed by atoms with van der Waals surface area (Å²) in [6.07, 6.45) is 1.42. The molecular weight excluding hydrogens is 233 g/mol. The van der Waals surface area contributed by atoms with E-state index in [1.54, 1.807) is 17.0 Å². The van der Waals surface area contributed by atoms with E-state index in [0.717, 1.165) is 12.1 Å². The van der Waals surface area contributed by atoms with Gasteiger partial charge in [0.2, 0.25) is 5.91 Å². The van der Waals surface area contributed by atoms with Crippen LogP contribution in [0.4, 0.5) is 5.69 Å². The smallest absolute Gasteiger partial charge is 0.227 e. The van der Waals surface area contributed by atoms with Gasteiger partial charge in [-0.1, -0.05) is 11.6 Å². The van der Waals surface area contributed by atoms with Gasteiger partial charge in [-0.05, 0) is 30.7 Å². The highest BCUT2D eigenvalue weighted by Crippen LogP contribution is 2.28. The molecule has 0 aromatic heterocycles. The van der Waals surface area contributed by atoms with E-state index in [-0.39, 0.29) is 11.9 Å². The highest BCUT2D eigenvalue weighted by atomic mass is 35.5. The SMILES string of the molecule is O=C1CCC(CCl)N1c1ccc(Cl)cc1. The summed E-state index contributed by atoms with van der Waals surface area (Å²) in [6, 6.07) is 7.40. The Morgan fingerprint density at radius 1 is 1.33 bits per heavy atom. The maximum atomic E-state index is 11.7. The summed E-state index contributed by atoms with van der Waals surface area (Å²) in [5, 5.41) is 0.674. The summed E-state index contributed by atoms with van der Waals surface area (Å²) < 4.78 is 0. The molecule has 1 heterocycles. The van der Waals surface area contributed by atoms with Crippen LogP contribution in [0.25, 0.3) is 0 Å². The fourth-order valence-electron chi connectivity index (χ4n) is 1.85. The van der Waals surface area contributed by atoms with Crippen LogP contribution in [-0.4, -0.2) is 17.8 Å². The van der Waals surface area contributed by atoms with Crippen molar-refractivity contribution in [2.45, 2.75) is 18.9 Å². The largest absolute Gasteiger partial charge is 0.308 e. The molecule has 80 valence electrons. The molecule has 1 aromatic carbocycles. The average Bonchev–Trinajstić information content (AvgIpc) is 2.61. The Morgan fingerprint density at radius 3 is 2.60 bits per heavy atom. The van der Waals surface area contributed by atoms with Crippen molar-refractivity contribution in [1.82, 2.24) is 0 Å². The molecular formula is C11H11Cl2NO. The minimum absolute atomic E-state index is 0.125. The van der Waals surface area contributed by atoms with Gasteiger partial charge in [0.25, 0.3) is 0 Å². The van der Waals surface area contributed by atoms with E-state index < -0.39 is 0 Å². The highest BCUT2D eigenvalue weighted by Gasteiger charge is 2.31. The normalized spacial score (nSPS) is 21.1. The fourth-order valence-corrected chi connectivity index (χ4v) is 2.26. The van der Waals surface area contributed by atoms with Gasteiger partial charge in [0.05, 0.1) is 6.04 Å². The van der Waals surface area contributed by atoms with Crippen LogP contribution >= 0.6 is 23.2 Å². The number of hydrogen-bond acceptors (Lipinski definition) is 1. The van der Waals surface area contributed by atoms with E-state index >= 15 is 0 Å². The van der Waals surface area contributed by atoms with Crippen molar-refractivity contribution < 1.29 is 4.79 Å². The molecule has 1 aliphatic rings. The lowest BCUT2D eigenvalue weighted by atomic mass is 10.2. The molecule has 0 radical (unpaired) electrons. The number of carbonyl (C=O) groups excluding carboxylic acids is 1. The Morgan fingerprint density at radius 2 is 2.00 bits per heavy atom.